The lowest BCUT2D eigenvalue weighted by molar-refractivity contribution is -0.116. The second-order valence-corrected chi connectivity index (χ2v) is 8.74. The van der Waals surface area contributed by atoms with E-state index in [4.69, 9.17) is 0 Å². The van der Waals surface area contributed by atoms with E-state index in [1.165, 1.54) is 12.8 Å². The number of hydrogen-bond acceptors (Lipinski definition) is 1. The van der Waals surface area contributed by atoms with Gasteiger partial charge in [-0.25, -0.2) is 0 Å². The molecule has 0 saturated heterocycles. The molecular weight excluding hydrogens is 178 g/mol. The van der Waals surface area contributed by atoms with Crippen molar-refractivity contribution in [1.29, 1.82) is 0 Å². The van der Waals surface area contributed by atoms with E-state index in [9.17, 15) is 4.79 Å². The van der Waals surface area contributed by atoms with Crippen molar-refractivity contribution < 1.29 is 4.79 Å². The molecule has 0 saturated carbocycles. The molecule has 0 aliphatic heterocycles. The second kappa shape index (κ2) is 5.22. The van der Waals surface area contributed by atoms with Crippen LogP contribution in [0.25, 0.3) is 0 Å². The van der Waals surface area contributed by atoms with E-state index in [2.05, 4.69) is 31.6 Å². The van der Waals surface area contributed by atoms with Crippen LogP contribution in [-0.4, -0.2) is 14.1 Å². The van der Waals surface area contributed by atoms with Crippen LogP contribution in [0, 0.1) is 0 Å². The summed E-state index contributed by atoms with van der Waals surface area (Å²) in [6.07, 6.45) is 2.40. The first kappa shape index (κ1) is 12.4. The Labute approximate surface area is 82.5 Å². The van der Waals surface area contributed by atoms with Crippen molar-refractivity contribution >= 4 is 14.1 Å². The number of nitrogens with one attached hydrogen (secondary N) is 1. The summed E-state index contributed by atoms with van der Waals surface area (Å²) >= 11 is 0. The minimum Gasteiger partial charge on any atom is -0.378 e. The van der Waals surface area contributed by atoms with Gasteiger partial charge in [0.15, 0.2) is 8.24 Å². The van der Waals surface area contributed by atoms with Gasteiger partial charge in [0.05, 0.1) is 0 Å². The van der Waals surface area contributed by atoms with Gasteiger partial charge in [0, 0.05) is 5.57 Å². The second-order valence-electron chi connectivity index (χ2n) is 4.22. The van der Waals surface area contributed by atoms with Crippen LogP contribution in [0.15, 0.2) is 12.2 Å². The van der Waals surface area contributed by atoms with Crippen molar-refractivity contribution in [2.75, 3.05) is 0 Å². The molecule has 0 atom stereocenters. The minimum absolute atomic E-state index is 0.0211. The molecule has 3 heteroatoms. The largest absolute Gasteiger partial charge is 0.378 e. The number of amides is 1. The molecule has 0 spiro atoms. The van der Waals surface area contributed by atoms with Gasteiger partial charge >= 0.3 is 0 Å². The van der Waals surface area contributed by atoms with Crippen molar-refractivity contribution in [2.45, 2.75) is 45.8 Å². The zero-order valence-electron chi connectivity index (χ0n) is 9.24. The maximum atomic E-state index is 11.3. The molecule has 0 heterocycles. The maximum absolute atomic E-state index is 11.3. The van der Waals surface area contributed by atoms with E-state index in [0.717, 1.165) is 6.04 Å². The summed E-state index contributed by atoms with van der Waals surface area (Å²) in [6, 6.07) is 1.16. The third kappa shape index (κ3) is 5.63. The fourth-order valence-electron chi connectivity index (χ4n) is 1.10. The van der Waals surface area contributed by atoms with Gasteiger partial charge in [-0.2, -0.15) is 0 Å². The van der Waals surface area contributed by atoms with Crippen LogP contribution in [0.5, 0.6) is 0 Å². The Morgan fingerprint density at radius 3 is 2.38 bits per heavy atom. The summed E-state index contributed by atoms with van der Waals surface area (Å²) in [5, 5.41) is 0. The van der Waals surface area contributed by atoms with Gasteiger partial charge in [-0.05, 0) is 13.0 Å². The molecule has 1 amide bonds. The lowest BCUT2D eigenvalue weighted by atomic mass is 10.3. The number of carbonyl (C=O) groups is 1. The Bertz CT molecular complexity index is 199. The first-order valence-electron chi connectivity index (χ1n) is 4.87. The first-order chi connectivity index (χ1) is 5.89. The third-order valence-corrected chi connectivity index (χ3v) is 4.50. The normalized spacial score (nSPS) is 11.1. The highest BCUT2D eigenvalue weighted by atomic mass is 28.3. The molecule has 0 radical (unpaired) electrons. The van der Waals surface area contributed by atoms with Crippen molar-refractivity contribution in [2.24, 2.45) is 0 Å². The Kier molecular flexibility index (Phi) is 4.99. The van der Waals surface area contributed by atoms with Crippen LogP contribution in [0.3, 0.4) is 0 Å². The van der Waals surface area contributed by atoms with Crippen LogP contribution in [0.1, 0.15) is 26.7 Å². The maximum Gasteiger partial charge on any atom is 0.238 e. The summed E-state index contributed by atoms with van der Waals surface area (Å²) in [6.45, 7) is 11.9. The average molecular weight is 199 g/mol. The summed E-state index contributed by atoms with van der Waals surface area (Å²) in [5.74, 6) is 0.0211. The van der Waals surface area contributed by atoms with E-state index in [1.807, 2.05) is 0 Å². The van der Waals surface area contributed by atoms with Crippen molar-refractivity contribution in [1.82, 2.24) is 4.98 Å². The fourth-order valence-corrected chi connectivity index (χ4v) is 3.29. The lowest BCUT2D eigenvalue weighted by Crippen LogP contribution is -2.48. The minimum atomic E-state index is -1.51. The predicted octanol–water partition coefficient (Wildman–Crippen LogP) is 2.68. The van der Waals surface area contributed by atoms with Gasteiger partial charge in [0.2, 0.25) is 5.91 Å². The van der Waals surface area contributed by atoms with E-state index >= 15 is 0 Å². The fraction of sp³-hybridized carbons (Fsp3) is 0.700. The molecule has 0 aromatic rings. The van der Waals surface area contributed by atoms with Crippen molar-refractivity contribution in [3.8, 4) is 0 Å². The van der Waals surface area contributed by atoms with Gasteiger partial charge in [0.1, 0.15) is 0 Å². The molecule has 0 fully saturated rings. The standard InChI is InChI=1S/C10H21NOSi/c1-6-7-8-13(4,5)11-10(12)9(2)3/h2,6-8H2,1,3-5H3,(H,11,12). The van der Waals surface area contributed by atoms with Crippen LogP contribution in [0.2, 0.25) is 19.1 Å². The monoisotopic (exact) mass is 199 g/mol. The van der Waals surface area contributed by atoms with Gasteiger partial charge in [-0.15, -0.1) is 0 Å². The number of carbonyl (C=O) groups excluding carboxylic acids is 1. The van der Waals surface area contributed by atoms with E-state index in [-0.39, 0.29) is 5.91 Å². The van der Waals surface area contributed by atoms with Crippen LogP contribution < -0.4 is 4.98 Å². The number of hydrogen-bond donors (Lipinski definition) is 1. The highest BCUT2D eigenvalue weighted by Gasteiger charge is 2.22. The highest BCUT2D eigenvalue weighted by molar-refractivity contribution is 6.77. The molecule has 1 N–H and O–H groups in total. The van der Waals surface area contributed by atoms with E-state index in [0.29, 0.717) is 5.57 Å². The lowest BCUT2D eigenvalue weighted by Gasteiger charge is -2.23. The molecule has 76 valence electrons. The zero-order valence-corrected chi connectivity index (χ0v) is 10.2. The molecule has 0 unspecified atom stereocenters. The third-order valence-electron chi connectivity index (χ3n) is 1.99. The number of rotatable bonds is 5. The van der Waals surface area contributed by atoms with Gasteiger partial charge in [-0.1, -0.05) is 39.4 Å². The predicted molar refractivity (Wildman–Crippen MR) is 60.2 cm³/mol. The van der Waals surface area contributed by atoms with E-state index in [1.54, 1.807) is 6.92 Å². The number of unbranched alkanes of at least 4 members (excludes halogenated alkanes) is 1. The van der Waals surface area contributed by atoms with Crippen LogP contribution >= 0.6 is 0 Å². The van der Waals surface area contributed by atoms with Crippen LogP contribution in [-0.2, 0) is 4.79 Å². The molecule has 0 bridgehead atoms. The summed E-state index contributed by atoms with van der Waals surface area (Å²) in [5.41, 5.74) is 0.608. The molecule has 0 rings (SSSR count). The van der Waals surface area contributed by atoms with Gasteiger partial charge < -0.3 is 4.98 Å². The van der Waals surface area contributed by atoms with Gasteiger partial charge in [-0.3, -0.25) is 4.79 Å². The van der Waals surface area contributed by atoms with Crippen molar-refractivity contribution in [3.63, 3.8) is 0 Å². The topological polar surface area (TPSA) is 29.1 Å². The molecule has 0 aliphatic carbocycles. The summed E-state index contributed by atoms with van der Waals surface area (Å²) < 4.78 is 0. The molecule has 2 nitrogen and oxygen atoms in total. The SMILES string of the molecule is C=C(C)C(=O)N[Si](C)(C)CCCC. The van der Waals surface area contributed by atoms with Gasteiger partial charge in [0.25, 0.3) is 0 Å². The Morgan fingerprint density at radius 2 is 2.00 bits per heavy atom. The summed E-state index contributed by atoms with van der Waals surface area (Å²) in [7, 11) is -1.51. The summed E-state index contributed by atoms with van der Waals surface area (Å²) in [4.78, 5) is 14.4. The van der Waals surface area contributed by atoms with Crippen molar-refractivity contribution in [3.05, 3.63) is 12.2 Å². The molecular formula is C10H21NOSi. The molecule has 13 heavy (non-hydrogen) atoms. The first-order valence-corrected chi connectivity index (χ1v) is 8.08. The smallest absolute Gasteiger partial charge is 0.238 e. The molecule has 0 aliphatic rings. The highest BCUT2D eigenvalue weighted by Crippen LogP contribution is 2.10. The molecule has 0 aromatic heterocycles. The zero-order chi connectivity index (χ0) is 10.5. The Morgan fingerprint density at radius 1 is 1.46 bits per heavy atom. The Balaban J connectivity index is 4.00. The average Bonchev–Trinajstić information content (AvgIpc) is 2.00. The quantitative estimate of drug-likeness (QED) is 0.535. The molecule has 0 aromatic carbocycles. The van der Waals surface area contributed by atoms with Crippen LogP contribution in [0.4, 0.5) is 0 Å². The van der Waals surface area contributed by atoms with E-state index < -0.39 is 8.24 Å². The Hall–Kier alpha value is -0.573.